The molecule has 2 aromatic carbocycles. The minimum absolute atomic E-state index is 0.169. The number of rotatable bonds is 4. The van der Waals surface area contributed by atoms with Crippen molar-refractivity contribution in [3.05, 3.63) is 59.2 Å². The van der Waals surface area contributed by atoms with Crippen molar-refractivity contribution in [1.29, 1.82) is 0 Å². The maximum absolute atomic E-state index is 14.5. The summed E-state index contributed by atoms with van der Waals surface area (Å²) in [7, 11) is -3.63. The number of anilines is 1. The molecular weight excluding hydrogens is 434 g/mol. The molecule has 0 aliphatic carbocycles. The summed E-state index contributed by atoms with van der Waals surface area (Å²) in [5.74, 6) is -1.65. The Bertz CT molecular complexity index is 1110. The molecule has 0 aromatic heterocycles. The van der Waals surface area contributed by atoms with Gasteiger partial charge in [-0.3, -0.25) is 4.79 Å². The predicted octanol–water partition coefficient (Wildman–Crippen LogP) is 4.47. The molecule has 1 amide bonds. The number of fused-ring (bicyclic) bond motifs is 1. The number of benzene rings is 2. The molecule has 5 nitrogen and oxygen atoms in total. The van der Waals surface area contributed by atoms with Crippen molar-refractivity contribution in [3.8, 4) is 0 Å². The monoisotopic (exact) mass is 462 g/mol. The Labute approximate surface area is 188 Å². The molecule has 2 aliphatic heterocycles. The summed E-state index contributed by atoms with van der Waals surface area (Å²) in [4.78, 5) is 14.9. The molecule has 1 saturated heterocycles. The molecule has 8 heteroatoms. The van der Waals surface area contributed by atoms with Crippen LogP contribution >= 0.6 is 0 Å². The topological polar surface area (TPSA) is 57.7 Å². The molecule has 2 heterocycles. The van der Waals surface area contributed by atoms with E-state index in [0.717, 1.165) is 11.6 Å². The van der Waals surface area contributed by atoms with Gasteiger partial charge >= 0.3 is 0 Å². The van der Waals surface area contributed by atoms with Gasteiger partial charge in [0.25, 0.3) is 0 Å². The van der Waals surface area contributed by atoms with Gasteiger partial charge in [0.05, 0.1) is 10.6 Å². The molecule has 172 valence electrons. The second-order valence-electron chi connectivity index (χ2n) is 8.89. The smallest absolute Gasteiger partial charge is 0.243 e. The number of sulfonamides is 1. The number of piperidine rings is 1. The second-order valence-corrected chi connectivity index (χ2v) is 10.8. The molecule has 0 spiro atoms. The minimum atomic E-state index is -3.63. The summed E-state index contributed by atoms with van der Waals surface area (Å²) in [6, 6.07) is 9.03. The Morgan fingerprint density at radius 3 is 2.31 bits per heavy atom. The number of carbonyl (C=O) groups is 1. The van der Waals surface area contributed by atoms with Crippen LogP contribution in [0.15, 0.2) is 41.3 Å². The molecule has 0 radical (unpaired) electrons. The molecule has 0 unspecified atom stereocenters. The Hall–Kier alpha value is -2.32. The maximum Gasteiger partial charge on any atom is 0.243 e. The second kappa shape index (κ2) is 8.90. The summed E-state index contributed by atoms with van der Waals surface area (Å²) >= 11 is 0. The molecular formula is C24H28F2N2O3S. The molecule has 0 saturated carbocycles. The first-order chi connectivity index (χ1) is 15.2. The van der Waals surface area contributed by atoms with Crippen LogP contribution in [0.1, 0.15) is 50.2 Å². The van der Waals surface area contributed by atoms with E-state index in [1.54, 1.807) is 12.1 Å². The Morgan fingerprint density at radius 2 is 1.69 bits per heavy atom. The van der Waals surface area contributed by atoms with E-state index < -0.39 is 21.7 Å². The van der Waals surface area contributed by atoms with Crippen LogP contribution in [0.5, 0.6) is 0 Å². The zero-order valence-corrected chi connectivity index (χ0v) is 19.2. The summed E-state index contributed by atoms with van der Waals surface area (Å²) in [5, 5.41) is 0. The highest BCUT2D eigenvalue weighted by molar-refractivity contribution is 7.89. The number of halogens is 2. The highest BCUT2D eigenvalue weighted by Gasteiger charge is 2.36. The first-order valence-corrected chi connectivity index (χ1v) is 12.5. The Kier molecular flexibility index (Phi) is 6.36. The SMILES string of the molecule is CC(C)c1ccc(S(=O)(=O)N2CCC(C(=O)N3CCCc4cc(F)cc(F)c43)CC2)cc1. The van der Waals surface area contributed by atoms with Crippen molar-refractivity contribution in [2.45, 2.75) is 50.3 Å². The first-order valence-electron chi connectivity index (χ1n) is 11.1. The molecule has 2 aromatic rings. The van der Waals surface area contributed by atoms with Crippen LogP contribution in [-0.4, -0.2) is 38.3 Å². The average molecular weight is 463 g/mol. The number of nitrogens with zero attached hydrogens (tertiary/aromatic N) is 2. The lowest BCUT2D eigenvalue weighted by Crippen LogP contribution is -2.46. The van der Waals surface area contributed by atoms with Crippen LogP contribution in [0.2, 0.25) is 0 Å². The molecule has 1 fully saturated rings. The van der Waals surface area contributed by atoms with E-state index in [0.29, 0.717) is 43.7 Å². The lowest BCUT2D eigenvalue weighted by molar-refractivity contribution is -0.123. The molecule has 2 aliphatic rings. The van der Waals surface area contributed by atoms with Gasteiger partial charge < -0.3 is 4.90 Å². The van der Waals surface area contributed by atoms with E-state index in [2.05, 4.69) is 0 Å². The fourth-order valence-corrected chi connectivity index (χ4v) is 6.08. The fraction of sp³-hybridized carbons (Fsp3) is 0.458. The summed E-state index contributed by atoms with van der Waals surface area (Å²) < 4.78 is 55.5. The van der Waals surface area contributed by atoms with Crippen molar-refractivity contribution in [2.24, 2.45) is 5.92 Å². The van der Waals surface area contributed by atoms with E-state index in [1.165, 1.54) is 15.3 Å². The van der Waals surface area contributed by atoms with E-state index in [1.807, 2.05) is 26.0 Å². The largest absolute Gasteiger partial charge is 0.309 e. The van der Waals surface area contributed by atoms with Gasteiger partial charge in [0.2, 0.25) is 15.9 Å². The number of carbonyl (C=O) groups excluding carboxylic acids is 1. The van der Waals surface area contributed by atoms with Crippen molar-refractivity contribution in [3.63, 3.8) is 0 Å². The lowest BCUT2D eigenvalue weighted by atomic mass is 9.93. The van der Waals surface area contributed by atoms with Gasteiger partial charge in [-0.25, -0.2) is 17.2 Å². The van der Waals surface area contributed by atoms with Gasteiger partial charge in [-0.2, -0.15) is 4.31 Å². The van der Waals surface area contributed by atoms with Crippen LogP contribution in [0.25, 0.3) is 0 Å². The van der Waals surface area contributed by atoms with Gasteiger partial charge in [0.15, 0.2) is 0 Å². The van der Waals surface area contributed by atoms with Gasteiger partial charge in [0, 0.05) is 31.6 Å². The van der Waals surface area contributed by atoms with Crippen molar-refractivity contribution in [2.75, 3.05) is 24.5 Å². The van der Waals surface area contributed by atoms with Crippen LogP contribution < -0.4 is 4.90 Å². The first kappa shape index (κ1) is 22.9. The highest BCUT2D eigenvalue weighted by atomic mass is 32.2. The van der Waals surface area contributed by atoms with E-state index >= 15 is 0 Å². The zero-order valence-electron chi connectivity index (χ0n) is 18.4. The maximum atomic E-state index is 14.5. The normalized spacial score (nSPS) is 18.1. The van der Waals surface area contributed by atoms with E-state index in [9.17, 15) is 22.0 Å². The van der Waals surface area contributed by atoms with Gasteiger partial charge in [-0.1, -0.05) is 26.0 Å². The van der Waals surface area contributed by atoms with Crippen LogP contribution in [0.4, 0.5) is 14.5 Å². The molecule has 0 N–H and O–H groups in total. The predicted molar refractivity (Wildman–Crippen MR) is 119 cm³/mol. The van der Waals surface area contributed by atoms with Crippen LogP contribution in [0.3, 0.4) is 0 Å². The third-order valence-electron chi connectivity index (χ3n) is 6.46. The third-order valence-corrected chi connectivity index (χ3v) is 8.37. The van der Waals surface area contributed by atoms with Gasteiger partial charge in [-0.05, 0) is 60.9 Å². The average Bonchev–Trinajstić information content (AvgIpc) is 2.78. The summed E-state index contributed by atoms with van der Waals surface area (Å²) in [5.41, 5.74) is 1.75. The Balaban J connectivity index is 1.46. The number of hydrogen-bond donors (Lipinski definition) is 0. The quantitative estimate of drug-likeness (QED) is 0.674. The van der Waals surface area contributed by atoms with E-state index in [-0.39, 0.29) is 35.5 Å². The Morgan fingerprint density at radius 1 is 1.03 bits per heavy atom. The van der Waals surface area contributed by atoms with Gasteiger partial charge in [0.1, 0.15) is 11.6 Å². The van der Waals surface area contributed by atoms with Crippen molar-refractivity contribution >= 4 is 21.6 Å². The standard InChI is InChI=1S/C24H28F2N2O3S/c1-16(2)17-5-7-21(8-6-17)32(30,31)27-12-9-18(10-13-27)24(29)28-11-3-4-19-14-20(25)15-22(26)23(19)28/h5-8,14-16,18H,3-4,9-13H2,1-2H3. The number of hydrogen-bond acceptors (Lipinski definition) is 3. The number of amides is 1. The lowest BCUT2D eigenvalue weighted by Gasteiger charge is -2.36. The fourth-order valence-electron chi connectivity index (χ4n) is 4.61. The minimum Gasteiger partial charge on any atom is -0.309 e. The summed E-state index contributed by atoms with van der Waals surface area (Å²) in [6.45, 7) is 4.95. The molecule has 32 heavy (non-hydrogen) atoms. The van der Waals surface area contributed by atoms with E-state index in [4.69, 9.17) is 0 Å². The van der Waals surface area contributed by atoms with Gasteiger partial charge in [-0.15, -0.1) is 0 Å². The molecule has 0 atom stereocenters. The third kappa shape index (κ3) is 4.30. The molecule has 0 bridgehead atoms. The zero-order chi connectivity index (χ0) is 23.0. The highest BCUT2D eigenvalue weighted by Crippen LogP contribution is 2.34. The molecule has 4 rings (SSSR count). The van der Waals surface area contributed by atoms with Crippen LogP contribution in [0, 0.1) is 17.6 Å². The summed E-state index contributed by atoms with van der Waals surface area (Å²) in [6.07, 6.45) is 1.91. The van der Waals surface area contributed by atoms with Crippen LogP contribution in [-0.2, 0) is 21.2 Å². The number of aryl methyl sites for hydroxylation is 1. The van der Waals surface area contributed by atoms with Crippen molar-refractivity contribution in [1.82, 2.24) is 4.31 Å². The van der Waals surface area contributed by atoms with Crippen molar-refractivity contribution < 1.29 is 22.0 Å².